The summed E-state index contributed by atoms with van der Waals surface area (Å²) in [5.74, 6) is -0.827. The van der Waals surface area contributed by atoms with Gasteiger partial charge in [0.15, 0.2) is 5.76 Å². The van der Waals surface area contributed by atoms with Gasteiger partial charge in [0.1, 0.15) is 11.6 Å². The summed E-state index contributed by atoms with van der Waals surface area (Å²) in [5.41, 5.74) is 6.42. The Morgan fingerprint density at radius 1 is 1.08 bits per heavy atom. The maximum absolute atomic E-state index is 13.0. The predicted molar refractivity (Wildman–Crippen MR) is 97.5 cm³/mol. The molecule has 0 aliphatic heterocycles. The highest BCUT2D eigenvalue weighted by Gasteiger charge is 2.15. The molecule has 0 fully saturated rings. The van der Waals surface area contributed by atoms with E-state index in [1.165, 1.54) is 29.5 Å². The first-order chi connectivity index (χ1) is 12.5. The van der Waals surface area contributed by atoms with E-state index in [4.69, 9.17) is 4.42 Å². The summed E-state index contributed by atoms with van der Waals surface area (Å²) in [4.78, 5) is 25.9. The number of thiophene rings is 1. The van der Waals surface area contributed by atoms with Gasteiger partial charge < -0.3 is 4.42 Å². The van der Waals surface area contributed by atoms with Crippen LogP contribution in [0.3, 0.4) is 0 Å². The number of hydrogen-bond acceptors (Lipinski definition) is 4. The monoisotopic (exact) mass is 372 g/mol. The number of furan rings is 1. The first-order valence-corrected chi connectivity index (χ1v) is 8.85. The number of carbonyl (C=O) groups is 2. The van der Waals surface area contributed by atoms with E-state index >= 15 is 0 Å². The van der Waals surface area contributed by atoms with E-state index in [2.05, 4.69) is 10.9 Å². The number of hydrazine groups is 1. The van der Waals surface area contributed by atoms with Crippen LogP contribution in [0.15, 0.2) is 46.9 Å². The van der Waals surface area contributed by atoms with Crippen molar-refractivity contribution in [3.05, 3.63) is 69.4 Å². The Labute approximate surface area is 153 Å². The lowest BCUT2D eigenvalue weighted by Crippen LogP contribution is -2.41. The molecule has 0 radical (unpaired) electrons. The Kier molecular flexibility index (Phi) is 5.18. The third kappa shape index (κ3) is 3.83. The predicted octanol–water partition coefficient (Wildman–Crippen LogP) is 4.09. The van der Waals surface area contributed by atoms with Gasteiger partial charge in [0, 0.05) is 10.4 Å². The second-order valence-electron chi connectivity index (χ2n) is 5.65. The van der Waals surface area contributed by atoms with Crippen molar-refractivity contribution in [2.75, 3.05) is 0 Å². The first-order valence-electron chi connectivity index (χ1n) is 8.03. The summed E-state index contributed by atoms with van der Waals surface area (Å²) in [7, 11) is 0. The third-order valence-corrected chi connectivity index (χ3v) is 5.19. The fraction of sp³-hybridized carbons (Fsp3) is 0.158. The zero-order valence-electron chi connectivity index (χ0n) is 14.3. The summed E-state index contributed by atoms with van der Waals surface area (Å²) in [6.07, 6.45) is 0.856. The van der Waals surface area contributed by atoms with Crippen molar-refractivity contribution in [2.45, 2.75) is 20.3 Å². The zero-order valence-corrected chi connectivity index (χ0v) is 15.1. The highest BCUT2D eigenvalue weighted by molar-refractivity contribution is 7.14. The number of nitrogens with one attached hydrogen (secondary N) is 2. The van der Waals surface area contributed by atoms with Crippen molar-refractivity contribution >= 4 is 23.2 Å². The van der Waals surface area contributed by atoms with Crippen LogP contribution >= 0.6 is 11.3 Å². The van der Waals surface area contributed by atoms with Crippen LogP contribution in [0.4, 0.5) is 4.39 Å². The molecule has 2 aromatic heterocycles. The molecule has 3 aromatic rings. The molecule has 2 N–H and O–H groups in total. The minimum absolute atomic E-state index is 0.0428. The van der Waals surface area contributed by atoms with Gasteiger partial charge in [-0.25, -0.2) is 4.39 Å². The Bertz CT molecular complexity index is 944. The van der Waals surface area contributed by atoms with Gasteiger partial charge in [-0.3, -0.25) is 20.4 Å². The van der Waals surface area contributed by atoms with E-state index in [1.54, 1.807) is 24.3 Å². The molecule has 0 atom stereocenters. The summed E-state index contributed by atoms with van der Waals surface area (Å²) in [6, 6.07) is 10.6. The van der Waals surface area contributed by atoms with Crippen LogP contribution in [0.1, 0.15) is 37.6 Å². The van der Waals surface area contributed by atoms with Crippen molar-refractivity contribution < 1.29 is 18.4 Å². The molecule has 0 unspecified atom stereocenters. The molecule has 0 saturated heterocycles. The van der Waals surface area contributed by atoms with Crippen LogP contribution in [0.5, 0.6) is 0 Å². The summed E-state index contributed by atoms with van der Waals surface area (Å²) >= 11 is 1.40. The Morgan fingerprint density at radius 2 is 1.77 bits per heavy atom. The summed E-state index contributed by atoms with van der Waals surface area (Å²) in [6.45, 7) is 3.97. The molecule has 1 aromatic carbocycles. The van der Waals surface area contributed by atoms with E-state index in [0.29, 0.717) is 16.2 Å². The molecular formula is C19H17FN2O3S. The van der Waals surface area contributed by atoms with Gasteiger partial charge in [0.05, 0.1) is 4.88 Å². The fourth-order valence-corrected chi connectivity index (χ4v) is 3.46. The highest BCUT2D eigenvalue weighted by atomic mass is 32.1. The second-order valence-corrected chi connectivity index (χ2v) is 6.79. The minimum Gasteiger partial charge on any atom is -0.451 e. The molecule has 0 aliphatic rings. The highest BCUT2D eigenvalue weighted by Crippen LogP contribution is 2.23. The molecule has 5 nitrogen and oxygen atoms in total. The Balaban J connectivity index is 1.63. The third-order valence-electron chi connectivity index (χ3n) is 3.81. The van der Waals surface area contributed by atoms with Crippen molar-refractivity contribution in [2.24, 2.45) is 0 Å². The van der Waals surface area contributed by atoms with Gasteiger partial charge >= 0.3 is 5.91 Å². The van der Waals surface area contributed by atoms with Crippen LogP contribution in [0.2, 0.25) is 0 Å². The summed E-state index contributed by atoms with van der Waals surface area (Å²) in [5, 5.41) is 0. The number of carbonyl (C=O) groups excluding carboxylic acids is 2. The maximum Gasteiger partial charge on any atom is 0.305 e. The Morgan fingerprint density at radius 3 is 2.42 bits per heavy atom. The SMILES string of the molecule is CCc1sc(C(=O)NNC(=O)c2ccc(-c3ccc(F)cc3)o2)cc1C. The lowest BCUT2D eigenvalue weighted by Gasteiger charge is -2.04. The normalized spacial score (nSPS) is 10.6. The maximum atomic E-state index is 13.0. The van der Waals surface area contributed by atoms with Crippen molar-refractivity contribution in [1.29, 1.82) is 0 Å². The topological polar surface area (TPSA) is 71.3 Å². The van der Waals surface area contributed by atoms with Gasteiger partial charge in [-0.05, 0) is 61.4 Å². The van der Waals surface area contributed by atoms with Crippen molar-refractivity contribution in [3.8, 4) is 11.3 Å². The van der Waals surface area contributed by atoms with E-state index < -0.39 is 5.91 Å². The number of amides is 2. The van der Waals surface area contributed by atoms with Gasteiger partial charge in [0.2, 0.25) is 0 Å². The molecule has 26 heavy (non-hydrogen) atoms. The van der Waals surface area contributed by atoms with E-state index in [-0.39, 0.29) is 17.5 Å². The lowest BCUT2D eigenvalue weighted by molar-refractivity contribution is 0.0833. The molecule has 0 bridgehead atoms. The van der Waals surface area contributed by atoms with Gasteiger partial charge in [0.25, 0.3) is 5.91 Å². The lowest BCUT2D eigenvalue weighted by atomic mass is 10.2. The van der Waals surface area contributed by atoms with E-state index in [1.807, 2.05) is 13.8 Å². The van der Waals surface area contributed by atoms with Crippen LogP contribution < -0.4 is 10.9 Å². The molecule has 0 saturated carbocycles. The van der Waals surface area contributed by atoms with Crippen molar-refractivity contribution in [1.82, 2.24) is 10.9 Å². The number of benzene rings is 1. The average Bonchev–Trinajstić information content (AvgIpc) is 3.27. The van der Waals surface area contributed by atoms with Gasteiger partial charge in [-0.1, -0.05) is 6.92 Å². The number of hydrogen-bond donors (Lipinski definition) is 2. The van der Waals surface area contributed by atoms with Crippen LogP contribution in [-0.2, 0) is 6.42 Å². The molecule has 7 heteroatoms. The average molecular weight is 372 g/mol. The second kappa shape index (κ2) is 7.53. The molecule has 0 aliphatic carbocycles. The largest absolute Gasteiger partial charge is 0.451 e. The van der Waals surface area contributed by atoms with Crippen LogP contribution in [0.25, 0.3) is 11.3 Å². The summed E-state index contributed by atoms with van der Waals surface area (Å²) < 4.78 is 18.4. The minimum atomic E-state index is -0.573. The molecular weight excluding hydrogens is 355 g/mol. The van der Waals surface area contributed by atoms with Crippen LogP contribution in [0, 0.1) is 12.7 Å². The molecule has 134 valence electrons. The number of halogens is 1. The smallest absolute Gasteiger partial charge is 0.305 e. The molecule has 2 heterocycles. The first kappa shape index (κ1) is 17.9. The van der Waals surface area contributed by atoms with E-state index in [9.17, 15) is 14.0 Å². The van der Waals surface area contributed by atoms with E-state index in [0.717, 1.165) is 16.9 Å². The molecule has 0 spiro atoms. The quantitative estimate of drug-likeness (QED) is 0.678. The fourth-order valence-electron chi connectivity index (χ4n) is 2.45. The molecule has 3 rings (SSSR count). The number of rotatable bonds is 4. The van der Waals surface area contributed by atoms with Crippen LogP contribution in [-0.4, -0.2) is 11.8 Å². The van der Waals surface area contributed by atoms with Gasteiger partial charge in [-0.15, -0.1) is 11.3 Å². The zero-order chi connectivity index (χ0) is 18.7. The molecule has 2 amide bonds. The Hall–Kier alpha value is -2.93. The standard InChI is InChI=1S/C19H17FN2O3S/c1-3-16-11(2)10-17(26-16)19(24)22-21-18(23)15-9-8-14(25-15)12-4-6-13(20)7-5-12/h4-10H,3H2,1-2H3,(H,21,23)(H,22,24). The van der Waals surface area contributed by atoms with Crippen molar-refractivity contribution in [3.63, 3.8) is 0 Å². The van der Waals surface area contributed by atoms with Gasteiger partial charge in [-0.2, -0.15) is 0 Å². The number of aryl methyl sites for hydroxylation is 2.